The number of carbonyl (C=O) groups is 1. The van der Waals surface area contributed by atoms with E-state index in [1.54, 1.807) is 23.3 Å². The fraction of sp³-hybridized carbons (Fsp3) is 0. The Morgan fingerprint density at radius 3 is 2.55 bits per heavy atom. The zero-order valence-electron chi connectivity index (χ0n) is 10.4. The predicted octanol–water partition coefficient (Wildman–Crippen LogP) is 3.51. The van der Waals surface area contributed by atoms with Gasteiger partial charge in [-0.15, -0.1) is 0 Å². The van der Waals surface area contributed by atoms with Crippen LogP contribution in [0, 0.1) is 0 Å². The molecule has 0 atom stereocenters. The summed E-state index contributed by atoms with van der Waals surface area (Å²) in [6.45, 7) is 0. The molecule has 0 saturated carbocycles. The highest BCUT2D eigenvalue weighted by Crippen LogP contribution is 2.29. The van der Waals surface area contributed by atoms with E-state index >= 15 is 0 Å². The van der Waals surface area contributed by atoms with E-state index in [-0.39, 0.29) is 0 Å². The Kier molecular flexibility index (Phi) is 3.43. The predicted molar refractivity (Wildman–Crippen MR) is 79.9 cm³/mol. The first-order valence-electron chi connectivity index (χ1n) is 6.00. The van der Waals surface area contributed by atoms with Crippen LogP contribution in [0.4, 0.5) is 0 Å². The zero-order chi connectivity index (χ0) is 13.9. The Bertz CT molecular complexity index is 753. The molecule has 0 radical (unpaired) electrons. The first-order chi connectivity index (χ1) is 9.79. The maximum Gasteiger partial charge on any atom is 0.153 e. The highest BCUT2D eigenvalue weighted by Gasteiger charge is 2.13. The molecule has 1 aromatic carbocycles. The summed E-state index contributed by atoms with van der Waals surface area (Å²) in [6.07, 6.45) is 5.92. The molecule has 4 nitrogen and oxygen atoms in total. The second-order valence-corrected chi connectivity index (χ2v) is 5.04. The van der Waals surface area contributed by atoms with Crippen LogP contribution in [0.5, 0.6) is 0 Å². The van der Waals surface area contributed by atoms with Crippen LogP contribution in [0.2, 0.25) is 0 Å². The third-order valence-corrected chi connectivity index (χ3v) is 3.62. The largest absolute Gasteiger partial charge is 0.298 e. The molecule has 0 fully saturated rings. The van der Waals surface area contributed by atoms with E-state index < -0.39 is 0 Å². The third-order valence-electron chi connectivity index (χ3n) is 2.93. The Labute approximate surface area is 124 Å². The number of carbonyl (C=O) groups excluding carboxylic acids is 1. The number of hydrogen-bond acceptors (Lipinski definition) is 3. The lowest BCUT2D eigenvalue weighted by atomic mass is 10.1. The van der Waals surface area contributed by atoms with E-state index in [4.69, 9.17) is 0 Å². The van der Waals surface area contributed by atoms with Crippen molar-refractivity contribution >= 4 is 22.2 Å². The molecule has 0 bridgehead atoms. The zero-order valence-corrected chi connectivity index (χ0v) is 12.0. The van der Waals surface area contributed by atoms with Gasteiger partial charge in [-0.25, -0.2) is 4.68 Å². The summed E-state index contributed by atoms with van der Waals surface area (Å²) in [5, 5.41) is 4.51. The number of pyridine rings is 1. The molecule has 0 N–H and O–H groups in total. The molecule has 0 saturated heterocycles. The van der Waals surface area contributed by atoms with Crippen molar-refractivity contribution in [2.75, 3.05) is 0 Å². The molecule has 3 rings (SSSR count). The van der Waals surface area contributed by atoms with Gasteiger partial charge in [-0.1, -0.05) is 34.1 Å². The minimum Gasteiger partial charge on any atom is -0.298 e. The summed E-state index contributed by atoms with van der Waals surface area (Å²) < 4.78 is 2.59. The summed E-state index contributed by atoms with van der Waals surface area (Å²) in [4.78, 5) is 15.3. The summed E-state index contributed by atoms with van der Waals surface area (Å²) >= 11 is 3.49. The Hall–Kier alpha value is -2.27. The van der Waals surface area contributed by atoms with E-state index in [1.807, 2.05) is 36.4 Å². The van der Waals surface area contributed by atoms with E-state index in [1.165, 1.54) is 0 Å². The highest BCUT2D eigenvalue weighted by molar-refractivity contribution is 9.10. The van der Waals surface area contributed by atoms with Gasteiger partial charge in [0.25, 0.3) is 0 Å². The van der Waals surface area contributed by atoms with Crippen LogP contribution in [0.25, 0.3) is 16.9 Å². The summed E-state index contributed by atoms with van der Waals surface area (Å²) in [5.41, 5.74) is 2.96. The van der Waals surface area contributed by atoms with Gasteiger partial charge in [0, 0.05) is 28.6 Å². The van der Waals surface area contributed by atoms with Gasteiger partial charge >= 0.3 is 0 Å². The van der Waals surface area contributed by atoms with Crippen molar-refractivity contribution in [3.63, 3.8) is 0 Å². The monoisotopic (exact) mass is 327 g/mol. The van der Waals surface area contributed by atoms with Gasteiger partial charge in [-0.3, -0.25) is 9.78 Å². The van der Waals surface area contributed by atoms with Crippen molar-refractivity contribution in [3.05, 3.63) is 65.0 Å². The van der Waals surface area contributed by atoms with E-state index in [9.17, 15) is 4.79 Å². The number of hydrogen-bond donors (Lipinski definition) is 0. The molecule has 3 aromatic rings. The van der Waals surface area contributed by atoms with Crippen LogP contribution >= 0.6 is 15.9 Å². The number of halogens is 1. The minimum absolute atomic E-state index is 0.550. The quantitative estimate of drug-likeness (QED) is 0.691. The van der Waals surface area contributed by atoms with Gasteiger partial charge in [0.05, 0.1) is 11.3 Å². The summed E-state index contributed by atoms with van der Waals surface area (Å²) in [5.74, 6) is 0. The van der Waals surface area contributed by atoms with E-state index in [0.29, 0.717) is 11.3 Å². The topological polar surface area (TPSA) is 47.8 Å². The lowest BCUT2D eigenvalue weighted by Gasteiger charge is -2.02. The van der Waals surface area contributed by atoms with Crippen molar-refractivity contribution < 1.29 is 4.79 Å². The molecule has 0 aliphatic carbocycles. The summed E-state index contributed by atoms with van der Waals surface area (Å²) in [7, 11) is 0. The van der Waals surface area contributed by atoms with Crippen LogP contribution in [0.3, 0.4) is 0 Å². The number of rotatable bonds is 3. The van der Waals surface area contributed by atoms with Crippen molar-refractivity contribution in [2.24, 2.45) is 0 Å². The van der Waals surface area contributed by atoms with Crippen molar-refractivity contribution in [3.8, 4) is 16.9 Å². The maximum atomic E-state index is 11.3. The SMILES string of the molecule is O=Cc1cn(-c2ccncc2)nc1-c1ccccc1Br. The van der Waals surface area contributed by atoms with Gasteiger partial charge in [0.15, 0.2) is 6.29 Å². The van der Waals surface area contributed by atoms with Crippen molar-refractivity contribution in [2.45, 2.75) is 0 Å². The number of nitrogens with zero attached hydrogens (tertiary/aromatic N) is 3. The maximum absolute atomic E-state index is 11.3. The standard InChI is InChI=1S/C15H10BrN3O/c16-14-4-2-1-3-13(14)15-11(10-20)9-19(18-15)12-5-7-17-8-6-12/h1-10H. The average molecular weight is 328 g/mol. The van der Waals surface area contributed by atoms with Crippen LogP contribution in [-0.4, -0.2) is 21.1 Å². The van der Waals surface area contributed by atoms with E-state index in [0.717, 1.165) is 22.0 Å². The first kappa shape index (κ1) is 12.7. The molecule has 0 unspecified atom stereocenters. The van der Waals surface area contributed by atoms with Gasteiger partial charge in [0.2, 0.25) is 0 Å². The molecule has 98 valence electrons. The minimum atomic E-state index is 0.550. The smallest absolute Gasteiger partial charge is 0.153 e. The van der Waals surface area contributed by atoms with Gasteiger partial charge < -0.3 is 0 Å². The van der Waals surface area contributed by atoms with Crippen LogP contribution < -0.4 is 0 Å². The third kappa shape index (κ3) is 2.28. The van der Waals surface area contributed by atoms with Crippen LogP contribution in [0.1, 0.15) is 10.4 Å². The Balaban J connectivity index is 2.16. The fourth-order valence-corrected chi connectivity index (χ4v) is 2.44. The average Bonchev–Trinajstić information content (AvgIpc) is 2.93. The lowest BCUT2D eigenvalue weighted by molar-refractivity contribution is 0.112. The molecular weight excluding hydrogens is 318 g/mol. The second kappa shape index (κ2) is 5.38. The van der Waals surface area contributed by atoms with Gasteiger partial charge in [-0.05, 0) is 18.2 Å². The van der Waals surface area contributed by atoms with E-state index in [2.05, 4.69) is 26.0 Å². The Morgan fingerprint density at radius 1 is 1.10 bits per heavy atom. The number of aromatic nitrogens is 3. The van der Waals surface area contributed by atoms with Crippen LogP contribution in [0.15, 0.2) is 59.5 Å². The normalized spacial score (nSPS) is 10.4. The molecule has 5 heteroatoms. The van der Waals surface area contributed by atoms with Gasteiger partial charge in [0.1, 0.15) is 5.69 Å². The molecule has 20 heavy (non-hydrogen) atoms. The molecule has 0 spiro atoms. The second-order valence-electron chi connectivity index (χ2n) is 4.18. The molecule has 0 amide bonds. The van der Waals surface area contributed by atoms with Crippen LogP contribution in [-0.2, 0) is 0 Å². The number of benzene rings is 1. The first-order valence-corrected chi connectivity index (χ1v) is 6.79. The Morgan fingerprint density at radius 2 is 1.85 bits per heavy atom. The highest BCUT2D eigenvalue weighted by atomic mass is 79.9. The van der Waals surface area contributed by atoms with Crippen molar-refractivity contribution in [1.29, 1.82) is 0 Å². The molecule has 2 heterocycles. The molecular formula is C15H10BrN3O. The molecule has 0 aliphatic heterocycles. The van der Waals surface area contributed by atoms with Gasteiger partial charge in [-0.2, -0.15) is 5.10 Å². The molecule has 2 aromatic heterocycles. The van der Waals surface area contributed by atoms with Crippen molar-refractivity contribution in [1.82, 2.24) is 14.8 Å². The molecule has 0 aliphatic rings. The fourth-order valence-electron chi connectivity index (χ4n) is 1.97. The lowest BCUT2D eigenvalue weighted by Crippen LogP contribution is -1.94. The summed E-state index contributed by atoms with van der Waals surface area (Å²) in [6, 6.07) is 11.4. The number of aldehydes is 1.